The fourth-order valence-electron chi connectivity index (χ4n) is 4.08. The smallest absolute Gasteiger partial charge is 0.310 e. The van der Waals surface area contributed by atoms with E-state index in [1.807, 2.05) is 0 Å². The molecule has 0 unspecified atom stereocenters. The van der Waals surface area contributed by atoms with Gasteiger partial charge in [0.05, 0.1) is 12.5 Å². The van der Waals surface area contributed by atoms with Crippen LogP contribution in [0.2, 0.25) is 0 Å². The number of hydrogen-bond donors (Lipinski definition) is 0. The number of ether oxygens (including phenoxy) is 1. The first-order valence-corrected chi connectivity index (χ1v) is 9.74. The van der Waals surface area contributed by atoms with Crippen LogP contribution >= 0.6 is 0 Å². The van der Waals surface area contributed by atoms with E-state index in [1.54, 1.807) is 11.8 Å². The van der Waals surface area contributed by atoms with Crippen molar-refractivity contribution in [3.05, 3.63) is 17.0 Å². The highest BCUT2D eigenvalue weighted by Crippen LogP contribution is 2.38. The summed E-state index contributed by atoms with van der Waals surface area (Å²) in [6.07, 6.45) is 4.31. The predicted molar refractivity (Wildman–Crippen MR) is 96.7 cm³/mol. The molecule has 2 atom stereocenters. The first-order chi connectivity index (χ1) is 12.3. The van der Waals surface area contributed by atoms with Crippen LogP contribution in [0.5, 0.6) is 0 Å². The number of carbonyl (C=O) groups excluding carboxylic acids is 2. The van der Waals surface area contributed by atoms with Crippen molar-refractivity contribution in [1.82, 2.24) is 10.1 Å². The Bertz CT molecular complexity index is 674. The number of aryl methyl sites for hydroxylation is 1. The van der Waals surface area contributed by atoms with Crippen molar-refractivity contribution in [1.29, 1.82) is 0 Å². The van der Waals surface area contributed by atoms with Gasteiger partial charge in [-0.2, -0.15) is 0 Å². The summed E-state index contributed by atoms with van der Waals surface area (Å²) in [6, 6.07) is 0. The lowest BCUT2D eigenvalue weighted by atomic mass is 9.71. The number of likely N-dealkylation sites (tertiary alicyclic amines) is 1. The molecule has 1 aromatic rings. The first-order valence-electron chi connectivity index (χ1n) is 9.74. The molecule has 1 amide bonds. The molecular weight excluding hydrogens is 332 g/mol. The zero-order valence-corrected chi connectivity index (χ0v) is 16.3. The van der Waals surface area contributed by atoms with Crippen LogP contribution < -0.4 is 0 Å². The molecule has 1 fully saturated rings. The summed E-state index contributed by atoms with van der Waals surface area (Å²) in [5.41, 5.74) is 1.60. The first kappa shape index (κ1) is 18.9. The van der Waals surface area contributed by atoms with Gasteiger partial charge in [0.15, 0.2) is 5.69 Å². The predicted octanol–water partition coefficient (Wildman–Crippen LogP) is 3.24. The monoisotopic (exact) mass is 362 g/mol. The number of piperidine rings is 1. The topological polar surface area (TPSA) is 72.6 Å². The molecular formula is C20H30N2O4. The minimum atomic E-state index is -0.238. The summed E-state index contributed by atoms with van der Waals surface area (Å²) in [6.45, 7) is 9.96. The number of esters is 1. The van der Waals surface area contributed by atoms with Gasteiger partial charge in [0.2, 0.25) is 0 Å². The quantitative estimate of drug-likeness (QED) is 0.772. The Morgan fingerprint density at radius 2 is 2.08 bits per heavy atom. The van der Waals surface area contributed by atoms with Crippen LogP contribution in [0.3, 0.4) is 0 Å². The molecule has 3 rings (SSSR count). The van der Waals surface area contributed by atoms with Crippen LogP contribution in [0.4, 0.5) is 0 Å². The van der Waals surface area contributed by atoms with Crippen LogP contribution in [0.1, 0.15) is 68.8 Å². The van der Waals surface area contributed by atoms with E-state index in [0.717, 1.165) is 43.4 Å². The molecule has 26 heavy (non-hydrogen) atoms. The molecule has 144 valence electrons. The summed E-state index contributed by atoms with van der Waals surface area (Å²) < 4.78 is 10.6. The van der Waals surface area contributed by atoms with Gasteiger partial charge in [-0.3, -0.25) is 9.59 Å². The van der Waals surface area contributed by atoms with Gasteiger partial charge in [0, 0.05) is 25.1 Å². The van der Waals surface area contributed by atoms with Gasteiger partial charge in [-0.25, -0.2) is 0 Å². The maximum atomic E-state index is 13.1. The van der Waals surface area contributed by atoms with E-state index in [2.05, 4.69) is 25.9 Å². The number of aromatic nitrogens is 1. The summed E-state index contributed by atoms with van der Waals surface area (Å²) in [5.74, 6) is 0.804. The van der Waals surface area contributed by atoms with E-state index in [-0.39, 0.29) is 23.2 Å². The molecule has 0 bridgehead atoms. The highest BCUT2D eigenvalue weighted by molar-refractivity contribution is 5.94. The van der Waals surface area contributed by atoms with Crippen molar-refractivity contribution in [3.8, 4) is 0 Å². The fraction of sp³-hybridized carbons (Fsp3) is 0.750. The van der Waals surface area contributed by atoms with Crippen molar-refractivity contribution < 1.29 is 18.8 Å². The Labute approximate surface area is 155 Å². The van der Waals surface area contributed by atoms with Crippen molar-refractivity contribution in [2.75, 3.05) is 19.7 Å². The molecule has 0 N–H and O–H groups in total. The van der Waals surface area contributed by atoms with Gasteiger partial charge in [0.25, 0.3) is 5.91 Å². The van der Waals surface area contributed by atoms with Gasteiger partial charge in [-0.15, -0.1) is 0 Å². The average molecular weight is 362 g/mol. The Morgan fingerprint density at radius 3 is 2.77 bits per heavy atom. The fourth-order valence-corrected chi connectivity index (χ4v) is 4.08. The molecule has 1 aliphatic carbocycles. The van der Waals surface area contributed by atoms with E-state index >= 15 is 0 Å². The van der Waals surface area contributed by atoms with E-state index in [9.17, 15) is 9.59 Å². The lowest BCUT2D eigenvalue weighted by Crippen LogP contribution is -2.43. The molecule has 1 aliphatic heterocycles. The Morgan fingerprint density at radius 1 is 1.31 bits per heavy atom. The van der Waals surface area contributed by atoms with Crippen molar-refractivity contribution in [3.63, 3.8) is 0 Å². The minimum Gasteiger partial charge on any atom is -0.466 e. The maximum absolute atomic E-state index is 13.1. The third kappa shape index (κ3) is 3.79. The molecule has 0 radical (unpaired) electrons. The molecule has 1 aromatic heterocycles. The summed E-state index contributed by atoms with van der Waals surface area (Å²) in [4.78, 5) is 26.9. The zero-order valence-electron chi connectivity index (χ0n) is 16.3. The lowest BCUT2D eigenvalue weighted by molar-refractivity contribution is -0.149. The molecule has 2 heterocycles. The molecule has 0 saturated carbocycles. The van der Waals surface area contributed by atoms with E-state index in [1.165, 1.54) is 0 Å². The van der Waals surface area contributed by atoms with Gasteiger partial charge in [0.1, 0.15) is 5.76 Å². The standard InChI is InChI=1S/C20H30N2O4/c1-5-25-19(24)13-7-6-10-22(12-13)18(23)17-15-11-14(20(2,3)4)8-9-16(15)26-21-17/h13-14H,5-12H2,1-4H3/t13-,14+/m1/s1. The lowest BCUT2D eigenvalue weighted by Gasteiger charge is -2.34. The molecule has 0 spiro atoms. The molecule has 6 heteroatoms. The van der Waals surface area contributed by atoms with Gasteiger partial charge in [-0.1, -0.05) is 25.9 Å². The third-order valence-electron chi connectivity index (χ3n) is 5.80. The van der Waals surface area contributed by atoms with E-state index < -0.39 is 0 Å². The second-order valence-corrected chi connectivity index (χ2v) is 8.58. The number of hydrogen-bond acceptors (Lipinski definition) is 5. The van der Waals surface area contributed by atoms with Gasteiger partial charge >= 0.3 is 5.97 Å². The second kappa shape index (κ2) is 7.41. The van der Waals surface area contributed by atoms with Gasteiger partial charge < -0.3 is 14.2 Å². The van der Waals surface area contributed by atoms with Crippen LogP contribution in [-0.4, -0.2) is 41.6 Å². The maximum Gasteiger partial charge on any atom is 0.310 e. The summed E-state index contributed by atoms with van der Waals surface area (Å²) >= 11 is 0. The van der Waals surface area contributed by atoms with Gasteiger partial charge in [-0.05, 0) is 43.9 Å². The molecule has 0 aromatic carbocycles. The number of nitrogens with zero attached hydrogens (tertiary/aromatic N) is 2. The zero-order chi connectivity index (χ0) is 18.9. The minimum absolute atomic E-state index is 0.112. The normalized spacial score (nSPS) is 23.5. The number of fused-ring (bicyclic) bond motifs is 1. The van der Waals surface area contributed by atoms with Crippen molar-refractivity contribution in [2.45, 2.75) is 59.8 Å². The Hall–Kier alpha value is -1.85. The summed E-state index contributed by atoms with van der Waals surface area (Å²) in [7, 11) is 0. The van der Waals surface area contributed by atoms with E-state index in [0.29, 0.717) is 31.3 Å². The summed E-state index contributed by atoms with van der Waals surface area (Å²) in [5, 5.41) is 4.11. The largest absolute Gasteiger partial charge is 0.466 e. The number of rotatable bonds is 3. The Balaban J connectivity index is 1.75. The van der Waals surface area contributed by atoms with Crippen molar-refractivity contribution in [2.24, 2.45) is 17.3 Å². The molecule has 1 saturated heterocycles. The van der Waals surface area contributed by atoms with Crippen LogP contribution in [-0.2, 0) is 22.4 Å². The molecule has 2 aliphatic rings. The second-order valence-electron chi connectivity index (χ2n) is 8.58. The average Bonchev–Trinajstić information content (AvgIpc) is 3.04. The molecule has 6 nitrogen and oxygen atoms in total. The van der Waals surface area contributed by atoms with Crippen LogP contribution in [0, 0.1) is 17.3 Å². The number of carbonyl (C=O) groups is 2. The van der Waals surface area contributed by atoms with Crippen LogP contribution in [0.25, 0.3) is 0 Å². The van der Waals surface area contributed by atoms with E-state index in [4.69, 9.17) is 9.26 Å². The highest BCUT2D eigenvalue weighted by Gasteiger charge is 2.37. The SMILES string of the molecule is CCOC(=O)[C@@H]1CCCN(C(=O)c2noc3c2C[C@@H](C(C)(C)C)CC3)C1. The third-order valence-corrected chi connectivity index (χ3v) is 5.80. The highest BCUT2D eigenvalue weighted by atomic mass is 16.5. The van der Waals surface area contributed by atoms with Crippen molar-refractivity contribution >= 4 is 11.9 Å². The number of amides is 1. The van der Waals surface area contributed by atoms with Crippen LogP contribution in [0.15, 0.2) is 4.52 Å². The Kier molecular flexibility index (Phi) is 5.39.